The molecule has 0 unspecified atom stereocenters. The van der Waals surface area contributed by atoms with Gasteiger partial charge in [0.25, 0.3) is 0 Å². The van der Waals surface area contributed by atoms with E-state index in [0.717, 1.165) is 6.54 Å². The summed E-state index contributed by atoms with van der Waals surface area (Å²) in [6.45, 7) is 2.98. The van der Waals surface area contributed by atoms with Gasteiger partial charge in [-0.05, 0) is 13.0 Å². The molecule has 2 N–H and O–H groups in total. The van der Waals surface area contributed by atoms with E-state index >= 15 is 0 Å². The van der Waals surface area contributed by atoms with E-state index < -0.39 is 0 Å². The van der Waals surface area contributed by atoms with E-state index in [9.17, 15) is 0 Å². The molecule has 0 amide bonds. The molecule has 0 aromatic carbocycles. The molecular formula is C4H11NSi. The Morgan fingerprint density at radius 3 is 2.00 bits per heavy atom. The van der Waals surface area contributed by atoms with E-state index in [1.165, 1.54) is 12.8 Å². The fourth-order valence-corrected chi connectivity index (χ4v) is 0.204. The van der Waals surface area contributed by atoms with Crippen molar-refractivity contribution in [3.05, 3.63) is 0 Å². The Bertz CT molecular complexity index is 15.0. The van der Waals surface area contributed by atoms with E-state index in [4.69, 9.17) is 5.73 Å². The molecule has 1 nitrogen and oxygen atoms in total. The Morgan fingerprint density at radius 1 is 1.50 bits per heavy atom. The molecular weight excluding hydrogens is 90.1 g/mol. The van der Waals surface area contributed by atoms with Gasteiger partial charge in [-0.3, -0.25) is 0 Å². The van der Waals surface area contributed by atoms with E-state index in [0.29, 0.717) is 0 Å². The molecule has 0 rings (SSSR count). The molecule has 0 heterocycles. The topological polar surface area (TPSA) is 26.0 Å². The highest BCUT2D eigenvalue weighted by Crippen LogP contribution is 1.77. The van der Waals surface area contributed by atoms with Gasteiger partial charge in [0.05, 0.1) is 0 Å². The molecule has 0 aliphatic carbocycles. The van der Waals surface area contributed by atoms with Crippen molar-refractivity contribution in [3.63, 3.8) is 0 Å². The van der Waals surface area contributed by atoms with Gasteiger partial charge in [0, 0.05) is 11.0 Å². The molecule has 0 bridgehead atoms. The van der Waals surface area contributed by atoms with Crippen LogP contribution >= 0.6 is 0 Å². The summed E-state index contributed by atoms with van der Waals surface area (Å²) in [5.74, 6) is 0. The Balaban J connectivity index is 0. The third-order valence-electron chi connectivity index (χ3n) is 0.558. The molecule has 0 fully saturated rings. The van der Waals surface area contributed by atoms with Crippen LogP contribution in [0.2, 0.25) is 0 Å². The fourth-order valence-electron chi connectivity index (χ4n) is 0.204. The molecule has 0 saturated carbocycles. The van der Waals surface area contributed by atoms with Gasteiger partial charge in [0.15, 0.2) is 0 Å². The van der Waals surface area contributed by atoms with Crippen LogP contribution in [0.1, 0.15) is 19.8 Å². The first kappa shape index (κ1) is 9.49. The van der Waals surface area contributed by atoms with E-state index in [1.54, 1.807) is 0 Å². The van der Waals surface area contributed by atoms with Crippen LogP contribution in [-0.2, 0) is 0 Å². The Morgan fingerprint density at radius 2 is 2.00 bits per heavy atom. The van der Waals surface area contributed by atoms with Crippen LogP contribution in [0.4, 0.5) is 0 Å². The minimum Gasteiger partial charge on any atom is -0.330 e. The molecule has 0 spiro atoms. The van der Waals surface area contributed by atoms with Gasteiger partial charge < -0.3 is 5.73 Å². The van der Waals surface area contributed by atoms with Gasteiger partial charge in [0.1, 0.15) is 0 Å². The maximum atomic E-state index is 5.14. The molecule has 0 aliphatic rings. The zero-order valence-electron chi connectivity index (χ0n) is 4.20. The molecule has 0 atom stereocenters. The number of hydrogen-bond donors (Lipinski definition) is 1. The zero-order chi connectivity index (χ0) is 4.12. The SMILES string of the molecule is CCCCN.[Si]. The fraction of sp³-hybridized carbons (Fsp3) is 1.00. The summed E-state index contributed by atoms with van der Waals surface area (Å²) in [4.78, 5) is 0. The second kappa shape index (κ2) is 8.95. The van der Waals surface area contributed by atoms with Crippen molar-refractivity contribution in [3.8, 4) is 0 Å². The molecule has 36 valence electrons. The summed E-state index contributed by atoms with van der Waals surface area (Å²) < 4.78 is 0. The Hall–Kier alpha value is 0.177. The minimum atomic E-state index is 0. The summed E-state index contributed by atoms with van der Waals surface area (Å²) in [6.07, 6.45) is 2.39. The summed E-state index contributed by atoms with van der Waals surface area (Å²) in [7, 11) is 0. The summed E-state index contributed by atoms with van der Waals surface area (Å²) in [5.41, 5.74) is 5.14. The van der Waals surface area contributed by atoms with Crippen LogP contribution in [-0.4, -0.2) is 17.5 Å². The van der Waals surface area contributed by atoms with E-state index in [1.807, 2.05) is 0 Å². The molecule has 6 heavy (non-hydrogen) atoms. The third kappa shape index (κ3) is 8.90. The predicted molar refractivity (Wildman–Crippen MR) is 29.7 cm³/mol. The van der Waals surface area contributed by atoms with Gasteiger partial charge in [-0.25, -0.2) is 0 Å². The van der Waals surface area contributed by atoms with Crippen molar-refractivity contribution >= 4 is 11.0 Å². The molecule has 0 aliphatic heterocycles. The van der Waals surface area contributed by atoms with Gasteiger partial charge in [-0.2, -0.15) is 0 Å². The third-order valence-corrected chi connectivity index (χ3v) is 0.558. The number of nitrogens with two attached hydrogens (primary N) is 1. The Labute approximate surface area is 43.9 Å². The van der Waals surface area contributed by atoms with Crippen LogP contribution in [0.5, 0.6) is 0 Å². The molecule has 0 aromatic rings. The number of unbranched alkanes of at least 4 members (excludes halogenated alkanes) is 1. The lowest BCUT2D eigenvalue weighted by Crippen LogP contribution is -1.95. The van der Waals surface area contributed by atoms with Gasteiger partial charge >= 0.3 is 0 Å². The maximum Gasteiger partial charge on any atom is 0 e. The lowest BCUT2D eigenvalue weighted by molar-refractivity contribution is 0.807. The standard InChI is InChI=1S/C4H11N.Si/c1-2-3-4-5;/h2-5H2,1H3;. The zero-order valence-corrected chi connectivity index (χ0v) is 5.20. The van der Waals surface area contributed by atoms with Gasteiger partial charge in [-0.1, -0.05) is 13.3 Å². The maximum absolute atomic E-state index is 5.14. The minimum absolute atomic E-state index is 0. The van der Waals surface area contributed by atoms with Crippen molar-refractivity contribution in [1.82, 2.24) is 0 Å². The van der Waals surface area contributed by atoms with E-state index in [-0.39, 0.29) is 11.0 Å². The average Bonchev–Trinajstić information content (AvgIpc) is 1.41. The monoisotopic (exact) mass is 101 g/mol. The lowest BCUT2D eigenvalue weighted by atomic mass is 10.3. The van der Waals surface area contributed by atoms with Crippen molar-refractivity contribution in [2.24, 2.45) is 5.73 Å². The first-order valence-electron chi connectivity index (χ1n) is 2.12. The highest BCUT2D eigenvalue weighted by atomic mass is 28.1. The second-order valence-electron chi connectivity index (χ2n) is 1.14. The highest BCUT2D eigenvalue weighted by molar-refractivity contribution is 5.75. The number of hydrogen-bond acceptors (Lipinski definition) is 1. The lowest BCUT2D eigenvalue weighted by Gasteiger charge is -1.80. The largest absolute Gasteiger partial charge is 0.330 e. The summed E-state index contributed by atoms with van der Waals surface area (Å²) >= 11 is 0. The van der Waals surface area contributed by atoms with E-state index in [2.05, 4.69) is 6.92 Å². The summed E-state index contributed by atoms with van der Waals surface area (Å²) in [5, 5.41) is 0. The van der Waals surface area contributed by atoms with Crippen LogP contribution in [0.3, 0.4) is 0 Å². The van der Waals surface area contributed by atoms with Gasteiger partial charge in [0.2, 0.25) is 0 Å². The van der Waals surface area contributed by atoms with Gasteiger partial charge in [-0.15, -0.1) is 0 Å². The quantitative estimate of drug-likeness (QED) is 0.499. The highest BCUT2D eigenvalue weighted by Gasteiger charge is 1.67. The Kier molecular flexibility index (Phi) is 14.2. The predicted octanol–water partition coefficient (Wildman–Crippen LogP) is 0.364. The van der Waals surface area contributed by atoms with Crippen molar-refractivity contribution < 1.29 is 0 Å². The van der Waals surface area contributed by atoms with Crippen LogP contribution in [0, 0.1) is 0 Å². The second-order valence-corrected chi connectivity index (χ2v) is 1.14. The first-order valence-corrected chi connectivity index (χ1v) is 2.12. The van der Waals surface area contributed by atoms with Crippen LogP contribution in [0.15, 0.2) is 0 Å². The van der Waals surface area contributed by atoms with Crippen molar-refractivity contribution in [2.75, 3.05) is 6.54 Å². The molecule has 0 aromatic heterocycles. The average molecular weight is 101 g/mol. The van der Waals surface area contributed by atoms with Crippen molar-refractivity contribution in [1.29, 1.82) is 0 Å². The van der Waals surface area contributed by atoms with Crippen LogP contribution in [0.25, 0.3) is 0 Å². The molecule has 2 heteroatoms. The van der Waals surface area contributed by atoms with Crippen LogP contribution < -0.4 is 5.73 Å². The molecule has 0 saturated heterocycles. The summed E-state index contributed by atoms with van der Waals surface area (Å²) in [6, 6.07) is 0. The number of rotatable bonds is 2. The molecule has 4 radical (unpaired) electrons. The first-order chi connectivity index (χ1) is 2.41. The normalized spacial score (nSPS) is 7.00. The van der Waals surface area contributed by atoms with Crippen molar-refractivity contribution in [2.45, 2.75) is 19.8 Å². The smallest absolute Gasteiger partial charge is 0 e.